The van der Waals surface area contributed by atoms with E-state index >= 15 is 0 Å². The zero-order valence-corrected chi connectivity index (χ0v) is 16.7. The van der Waals surface area contributed by atoms with Gasteiger partial charge in [0.1, 0.15) is 11.5 Å². The van der Waals surface area contributed by atoms with Crippen LogP contribution in [0, 0.1) is 0 Å². The van der Waals surface area contributed by atoms with Crippen LogP contribution in [-0.4, -0.2) is 26.9 Å². The predicted octanol–water partition coefficient (Wildman–Crippen LogP) is 4.09. The summed E-state index contributed by atoms with van der Waals surface area (Å²) in [7, 11) is -0.604. The van der Waals surface area contributed by atoms with Crippen molar-refractivity contribution < 1.29 is 17.9 Å². The van der Waals surface area contributed by atoms with Crippen LogP contribution in [-0.2, 0) is 23.1 Å². The second-order valence-corrected chi connectivity index (χ2v) is 8.22. The van der Waals surface area contributed by atoms with E-state index in [0.717, 1.165) is 16.9 Å². The van der Waals surface area contributed by atoms with Crippen molar-refractivity contribution in [2.45, 2.75) is 18.0 Å². The van der Waals surface area contributed by atoms with E-state index in [1.165, 1.54) is 11.4 Å². The van der Waals surface area contributed by atoms with Gasteiger partial charge in [0.2, 0.25) is 10.0 Å². The summed E-state index contributed by atoms with van der Waals surface area (Å²) in [6.45, 7) is 0.519. The highest BCUT2D eigenvalue weighted by Gasteiger charge is 2.25. The summed E-state index contributed by atoms with van der Waals surface area (Å²) in [6, 6.07) is 23.5. The van der Waals surface area contributed by atoms with Gasteiger partial charge in [-0.05, 0) is 35.4 Å². The third-order valence-electron chi connectivity index (χ3n) is 4.40. The Labute approximate surface area is 166 Å². The van der Waals surface area contributed by atoms with Crippen molar-refractivity contribution in [3.8, 4) is 11.5 Å². The van der Waals surface area contributed by atoms with Gasteiger partial charge < -0.3 is 9.47 Å². The van der Waals surface area contributed by atoms with Crippen molar-refractivity contribution in [3.63, 3.8) is 0 Å². The van der Waals surface area contributed by atoms with Crippen molar-refractivity contribution in [3.05, 3.63) is 90.0 Å². The normalized spacial score (nSPS) is 11.4. The molecule has 0 aromatic heterocycles. The Morgan fingerprint density at radius 2 is 1.32 bits per heavy atom. The number of benzene rings is 3. The molecule has 0 saturated heterocycles. The first-order valence-corrected chi connectivity index (χ1v) is 10.3. The molecule has 0 aliphatic heterocycles. The van der Waals surface area contributed by atoms with Crippen molar-refractivity contribution >= 4 is 10.0 Å². The van der Waals surface area contributed by atoms with Crippen LogP contribution in [0.4, 0.5) is 0 Å². The lowest BCUT2D eigenvalue weighted by atomic mass is 10.2. The Morgan fingerprint density at radius 3 is 1.93 bits per heavy atom. The fourth-order valence-electron chi connectivity index (χ4n) is 2.86. The first-order valence-electron chi connectivity index (χ1n) is 8.84. The largest absolute Gasteiger partial charge is 0.497 e. The van der Waals surface area contributed by atoms with E-state index in [-0.39, 0.29) is 18.0 Å². The second kappa shape index (κ2) is 8.91. The summed E-state index contributed by atoms with van der Waals surface area (Å²) in [6.07, 6.45) is 0. The molecule has 28 heavy (non-hydrogen) atoms. The number of rotatable bonds is 8. The fraction of sp³-hybridized carbons (Fsp3) is 0.182. The molecule has 0 unspecified atom stereocenters. The van der Waals surface area contributed by atoms with Crippen LogP contribution in [0.15, 0.2) is 83.8 Å². The molecule has 0 atom stereocenters. The van der Waals surface area contributed by atoms with Crippen LogP contribution >= 0.6 is 0 Å². The number of methoxy groups -OCH3 is 2. The molecule has 0 spiro atoms. The van der Waals surface area contributed by atoms with Gasteiger partial charge in [-0.25, -0.2) is 8.42 Å². The highest BCUT2D eigenvalue weighted by atomic mass is 32.2. The Bertz CT molecular complexity index is 1000. The molecule has 6 heteroatoms. The number of nitrogens with zero attached hydrogens (tertiary/aromatic N) is 1. The first kappa shape index (κ1) is 19.9. The molecular weight excluding hydrogens is 374 g/mol. The summed E-state index contributed by atoms with van der Waals surface area (Å²) >= 11 is 0. The summed E-state index contributed by atoms with van der Waals surface area (Å²) in [5, 5.41) is 0. The summed E-state index contributed by atoms with van der Waals surface area (Å²) in [5.74, 6) is 1.24. The lowest BCUT2D eigenvalue weighted by molar-refractivity contribution is 0.396. The van der Waals surface area contributed by atoms with Gasteiger partial charge in [-0.2, -0.15) is 4.31 Å². The van der Waals surface area contributed by atoms with Gasteiger partial charge in [0.15, 0.2) is 0 Å². The molecule has 0 N–H and O–H groups in total. The second-order valence-electron chi connectivity index (χ2n) is 6.29. The van der Waals surface area contributed by atoms with Crippen LogP contribution in [0.1, 0.15) is 11.1 Å². The molecule has 3 rings (SSSR count). The minimum absolute atomic E-state index is 0.205. The third-order valence-corrected chi connectivity index (χ3v) is 6.19. The zero-order chi connectivity index (χ0) is 20.0. The van der Waals surface area contributed by atoms with Gasteiger partial charge in [0, 0.05) is 19.2 Å². The number of sulfonamides is 1. The molecule has 3 aromatic carbocycles. The monoisotopic (exact) mass is 397 g/mol. The quantitative estimate of drug-likeness (QED) is 0.574. The standard InChI is InChI=1S/C22H23NO4S/c1-26-20-13-11-19(12-14-20)17-23(16-18-7-4-3-5-8-18)28(24,25)22-10-6-9-21(15-22)27-2/h3-15H,16-17H2,1-2H3. The predicted molar refractivity (Wildman–Crippen MR) is 109 cm³/mol. The molecule has 0 heterocycles. The Hall–Kier alpha value is -2.83. The summed E-state index contributed by atoms with van der Waals surface area (Å²) in [5.41, 5.74) is 1.80. The summed E-state index contributed by atoms with van der Waals surface area (Å²) in [4.78, 5) is 0.205. The van der Waals surface area contributed by atoms with Gasteiger partial charge in [-0.1, -0.05) is 48.5 Å². The number of ether oxygens (including phenoxy) is 2. The highest BCUT2D eigenvalue weighted by molar-refractivity contribution is 7.89. The average molecular weight is 397 g/mol. The van der Waals surface area contributed by atoms with Crippen molar-refractivity contribution in [1.82, 2.24) is 4.31 Å². The topological polar surface area (TPSA) is 55.8 Å². The van der Waals surface area contributed by atoms with Gasteiger partial charge in [-0.3, -0.25) is 0 Å². The minimum atomic E-state index is -3.72. The maximum atomic E-state index is 13.4. The zero-order valence-electron chi connectivity index (χ0n) is 15.9. The lowest BCUT2D eigenvalue weighted by Crippen LogP contribution is -2.30. The first-order chi connectivity index (χ1) is 13.5. The molecular formula is C22H23NO4S. The smallest absolute Gasteiger partial charge is 0.243 e. The van der Waals surface area contributed by atoms with Crippen LogP contribution < -0.4 is 9.47 Å². The third kappa shape index (κ3) is 4.71. The van der Waals surface area contributed by atoms with E-state index in [2.05, 4.69) is 0 Å². The van der Waals surface area contributed by atoms with Crippen molar-refractivity contribution in [2.75, 3.05) is 14.2 Å². The molecule has 0 aliphatic carbocycles. The number of hydrogen-bond donors (Lipinski definition) is 0. The Morgan fingerprint density at radius 1 is 0.714 bits per heavy atom. The van der Waals surface area contributed by atoms with Crippen molar-refractivity contribution in [1.29, 1.82) is 0 Å². The van der Waals surface area contributed by atoms with Gasteiger partial charge in [-0.15, -0.1) is 0 Å². The van der Waals surface area contributed by atoms with Gasteiger partial charge in [0.25, 0.3) is 0 Å². The Kier molecular flexibility index (Phi) is 6.34. The van der Waals surface area contributed by atoms with Crippen molar-refractivity contribution in [2.24, 2.45) is 0 Å². The lowest BCUT2D eigenvalue weighted by Gasteiger charge is -2.23. The summed E-state index contributed by atoms with van der Waals surface area (Å²) < 4.78 is 38.6. The van der Waals surface area contributed by atoms with E-state index < -0.39 is 10.0 Å². The van der Waals surface area contributed by atoms with Gasteiger partial charge >= 0.3 is 0 Å². The molecule has 5 nitrogen and oxygen atoms in total. The molecule has 146 valence electrons. The maximum absolute atomic E-state index is 13.4. The molecule has 0 amide bonds. The van der Waals surface area contributed by atoms with Crippen LogP contribution in [0.2, 0.25) is 0 Å². The van der Waals surface area contributed by atoms with E-state index in [9.17, 15) is 8.42 Å². The van der Waals surface area contributed by atoms with E-state index in [4.69, 9.17) is 9.47 Å². The van der Waals surface area contributed by atoms with E-state index in [0.29, 0.717) is 5.75 Å². The number of hydrogen-bond acceptors (Lipinski definition) is 4. The highest BCUT2D eigenvalue weighted by Crippen LogP contribution is 2.25. The SMILES string of the molecule is COc1ccc(CN(Cc2ccccc2)S(=O)(=O)c2cccc(OC)c2)cc1. The fourth-order valence-corrected chi connectivity index (χ4v) is 4.31. The average Bonchev–Trinajstić information content (AvgIpc) is 2.74. The van der Waals surface area contributed by atoms with Crippen LogP contribution in [0.5, 0.6) is 11.5 Å². The Balaban J connectivity index is 1.96. The van der Waals surface area contributed by atoms with Crippen LogP contribution in [0.25, 0.3) is 0 Å². The minimum Gasteiger partial charge on any atom is -0.497 e. The van der Waals surface area contributed by atoms with E-state index in [1.54, 1.807) is 31.4 Å². The van der Waals surface area contributed by atoms with Gasteiger partial charge in [0.05, 0.1) is 19.1 Å². The molecule has 0 bridgehead atoms. The molecule has 0 fully saturated rings. The molecule has 0 radical (unpaired) electrons. The molecule has 0 saturated carbocycles. The van der Waals surface area contributed by atoms with E-state index in [1.807, 2.05) is 54.6 Å². The molecule has 0 aliphatic rings. The maximum Gasteiger partial charge on any atom is 0.243 e. The molecule has 3 aromatic rings. The van der Waals surface area contributed by atoms with Crippen LogP contribution in [0.3, 0.4) is 0 Å².